The molecule has 9 rings (SSSR count). The molecule has 0 radical (unpaired) electrons. The van der Waals surface area contributed by atoms with E-state index in [9.17, 15) is 24.0 Å². The van der Waals surface area contributed by atoms with Gasteiger partial charge in [-0.25, -0.2) is 0 Å². The Bertz CT molecular complexity index is 1920. The first kappa shape index (κ1) is 43.1. The van der Waals surface area contributed by atoms with Gasteiger partial charge in [-0.05, 0) is 84.9 Å². The van der Waals surface area contributed by atoms with Crippen molar-refractivity contribution in [3.8, 4) is 0 Å². The molecular weight excluding hydrogens is 796 g/mol. The van der Waals surface area contributed by atoms with Gasteiger partial charge in [0.1, 0.15) is 11.9 Å². The lowest BCUT2D eigenvalue weighted by atomic mass is 9.41. The van der Waals surface area contributed by atoms with E-state index >= 15 is 4.79 Å². The number of ketones is 1. The Kier molecular flexibility index (Phi) is 9.83. The van der Waals surface area contributed by atoms with Gasteiger partial charge in [-0.15, -0.1) is 0 Å². The molecule has 1 N–H and O–H groups in total. The predicted molar refractivity (Wildman–Crippen MR) is 206 cm³/mol. The normalized spacial score (nSPS) is 50.7. The Morgan fingerprint density at radius 2 is 1.46 bits per heavy atom. The first-order chi connectivity index (χ1) is 28.5. The number of esters is 4. The fourth-order valence-corrected chi connectivity index (χ4v) is 15.4. The second-order valence-electron chi connectivity index (χ2n) is 21.3. The molecule has 4 heterocycles. The highest BCUT2D eigenvalue weighted by atomic mass is 16.9. The zero-order chi connectivity index (χ0) is 44.0. The minimum atomic E-state index is -1.17. The van der Waals surface area contributed by atoms with Crippen molar-refractivity contribution in [2.24, 2.45) is 50.7 Å². The third-order valence-corrected chi connectivity index (χ3v) is 17.8. The van der Waals surface area contributed by atoms with E-state index in [4.69, 9.17) is 47.7 Å². The van der Waals surface area contributed by atoms with Gasteiger partial charge in [0, 0.05) is 44.9 Å². The highest BCUT2D eigenvalue weighted by Gasteiger charge is 2.87. The van der Waals surface area contributed by atoms with Gasteiger partial charge in [0.15, 0.2) is 30.2 Å². The number of carbonyl (C=O) groups is 6. The van der Waals surface area contributed by atoms with Gasteiger partial charge in [-0.3, -0.25) is 28.8 Å². The maximum absolute atomic E-state index is 15.1. The lowest BCUT2D eigenvalue weighted by molar-refractivity contribution is -0.345. The molecule has 0 aromatic rings. The average molecular weight is 859 g/mol. The van der Waals surface area contributed by atoms with E-state index in [1.807, 2.05) is 6.92 Å². The molecule has 0 unspecified atom stereocenters. The molecule has 0 bridgehead atoms. The molecule has 5 saturated carbocycles. The maximum Gasteiger partial charge on any atom is 0.308 e. The molecule has 4 aliphatic heterocycles. The number of epoxide rings is 1. The number of hydrogen-bond donors (Lipinski definition) is 1. The summed E-state index contributed by atoms with van der Waals surface area (Å²) in [6.07, 6.45) is -0.953. The minimum Gasteiger partial charge on any atom is -0.481 e. The molecule has 3 spiro atoms. The third kappa shape index (κ3) is 6.06. The van der Waals surface area contributed by atoms with Gasteiger partial charge < -0.3 is 47.7 Å². The molecule has 18 atom stereocenters. The number of carboxylic acid groups (broad SMARTS) is 1. The smallest absolute Gasteiger partial charge is 0.308 e. The summed E-state index contributed by atoms with van der Waals surface area (Å²) >= 11 is 0. The molecular formula is C45H62O16. The van der Waals surface area contributed by atoms with E-state index in [0.29, 0.717) is 31.5 Å². The zero-order valence-corrected chi connectivity index (χ0v) is 36.8. The molecule has 9 fully saturated rings. The molecule has 4 saturated heterocycles. The molecule has 338 valence electrons. The lowest BCUT2D eigenvalue weighted by Crippen LogP contribution is -2.63. The number of ether oxygens (including phenoxy) is 9. The first-order valence-electron chi connectivity index (χ1n) is 22.2. The summed E-state index contributed by atoms with van der Waals surface area (Å²) < 4.78 is 55.0. The summed E-state index contributed by atoms with van der Waals surface area (Å²) in [4.78, 5) is 75.4. The summed E-state index contributed by atoms with van der Waals surface area (Å²) in [5.74, 6) is -3.91. The third-order valence-electron chi connectivity index (χ3n) is 17.8. The Morgan fingerprint density at radius 1 is 0.787 bits per heavy atom. The van der Waals surface area contributed by atoms with Crippen LogP contribution in [0.2, 0.25) is 0 Å². The number of hydrogen-bond acceptors (Lipinski definition) is 15. The summed E-state index contributed by atoms with van der Waals surface area (Å²) in [6, 6.07) is 0. The molecule has 0 aromatic heterocycles. The SMILES string of the molecule is CC(=O)O[C@@H]1[C@@H](OC(C)=O)[C@H](O[C@H]2CC[C@]34C[C@]35CC(=O)[C@]3(C)[C@H]6[C@H](C)C[C@]7(O[C@@H](OC(=O)CCC(=O)O)[C@@]8(C)O[C@@H]78)O[C@H]6C[C@@]3(C)[C@@H]5CC[C@H]4C2(C)C)OC[C@H]1OC(C)=O. The number of rotatable bonds is 9. The second kappa shape index (κ2) is 13.9. The van der Waals surface area contributed by atoms with Crippen LogP contribution < -0.4 is 0 Å². The van der Waals surface area contributed by atoms with E-state index in [2.05, 4.69) is 34.6 Å². The number of carboxylic acids is 1. The molecule has 0 aromatic carbocycles. The molecule has 0 amide bonds. The zero-order valence-electron chi connectivity index (χ0n) is 36.8. The Morgan fingerprint density at radius 3 is 2.13 bits per heavy atom. The second-order valence-corrected chi connectivity index (χ2v) is 21.3. The van der Waals surface area contributed by atoms with Crippen LogP contribution in [0.3, 0.4) is 0 Å². The van der Waals surface area contributed by atoms with Crippen LogP contribution in [0.4, 0.5) is 0 Å². The highest BCUT2D eigenvalue weighted by molar-refractivity contribution is 5.89. The number of Topliss-reactive ketones (excluding diaryl/α,β-unsaturated/α-hetero) is 1. The molecule has 9 aliphatic rings. The maximum atomic E-state index is 15.1. The minimum absolute atomic E-state index is 0.0383. The Labute approximate surface area is 356 Å². The van der Waals surface area contributed by atoms with Gasteiger partial charge in [-0.2, -0.15) is 0 Å². The topological polar surface area (TPSA) is 209 Å². The van der Waals surface area contributed by atoms with E-state index in [1.165, 1.54) is 20.8 Å². The van der Waals surface area contributed by atoms with E-state index in [1.54, 1.807) is 0 Å². The van der Waals surface area contributed by atoms with E-state index in [0.717, 1.165) is 25.7 Å². The van der Waals surface area contributed by atoms with Crippen molar-refractivity contribution in [1.82, 2.24) is 0 Å². The van der Waals surface area contributed by atoms with E-state index < -0.39 is 83.6 Å². The first-order valence-corrected chi connectivity index (χ1v) is 22.2. The van der Waals surface area contributed by atoms with E-state index in [-0.39, 0.29) is 77.0 Å². The van der Waals surface area contributed by atoms with Crippen LogP contribution in [0, 0.1) is 50.7 Å². The van der Waals surface area contributed by atoms with Gasteiger partial charge in [0.2, 0.25) is 12.1 Å². The lowest BCUT2D eigenvalue weighted by Gasteiger charge is -2.62. The van der Waals surface area contributed by atoms with Crippen LogP contribution in [-0.4, -0.2) is 108 Å². The Balaban J connectivity index is 0.936. The molecule has 16 heteroatoms. The van der Waals surface area contributed by atoms with Crippen LogP contribution in [0.5, 0.6) is 0 Å². The van der Waals surface area contributed by atoms with Crippen molar-refractivity contribution < 1.29 is 76.5 Å². The largest absolute Gasteiger partial charge is 0.481 e. The fraction of sp³-hybridized carbons (Fsp3) is 0.867. The van der Waals surface area contributed by atoms with Crippen LogP contribution in [0.1, 0.15) is 127 Å². The molecule has 5 aliphatic carbocycles. The van der Waals surface area contributed by atoms with Crippen molar-refractivity contribution in [3.63, 3.8) is 0 Å². The number of fused-ring (bicyclic) bond motifs is 6. The molecule has 61 heavy (non-hydrogen) atoms. The average Bonchev–Trinajstić information content (AvgIpc) is 3.99. The Hall–Kier alpha value is -3.18. The number of carbonyl (C=O) groups excluding carboxylic acids is 5. The number of aliphatic carboxylic acids is 1. The van der Waals surface area contributed by atoms with Gasteiger partial charge in [0.25, 0.3) is 0 Å². The summed E-state index contributed by atoms with van der Waals surface area (Å²) in [7, 11) is 0. The quantitative estimate of drug-likeness (QED) is 0.143. The van der Waals surface area contributed by atoms with Crippen LogP contribution >= 0.6 is 0 Å². The van der Waals surface area contributed by atoms with Crippen LogP contribution in [-0.2, 0) is 71.4 Å². The highest BCUT2D eigenvalue weighted by Crippen LogP contribution is 2.89. The monoisotopic (exact) mass is 858 g/mol. The van der Waals surface area contributed by atoms with Crippen molar-refractivity contribution in [1.29, 1.82) is 0 Å². The van der Waals surface area contributed by atoms with Crippen LogP contribution in [0.25, 0.3) is 0 Å². The standard InChI is InChI=1S/C45H62O16/c1-21-16-45(37-42(9,60-37)38(61-45)58-32(52)13-12-31(50)51)59-25-17-40(7)28-11-10-27-39(5,6)30(14-15-43(27)20-44(28,43)18-29(49)41(40,8)33(21)25)57-36-35(56-24(4)48)34(55-23(3)47)26(19-53-36)54-22(2)46/h21,25-28,30,33-38H,10-20H2,1-9H3,(H,50,51)/t21-,25+,26-,27+,28+,30+,33+,34+,35-,36+,37-,38-,40+,41-,42+,43-,44+,45-/m1/s1. The van der Waals surface area contributed by atoms with Gasteiger partial charge in [0.05, 0.1) is 31.7 Å². The van der Waals surface area contributed by atoms with Crippen LogP contribution in [0.15, 0.2) is 0 Å². The summed E-state index contributed by atoms with van der Waals surface area (Å²) in [5.41, 5.74) is -2.46. The summed E-state index contributed by atoms with van der Waals surface area (Å²) in [6.45, 7) is 16.6. The fourth-order valence-electron chi connectivity index (χ4n) is 15.4. The van der Waals surface area contributed by atoms with Crippen molar-refractivity contribution >= 4 is 35.6 Å². The van der Waals surface area contributed by atoms with Gasteiger partial charge >= 0.3 is 29.8 Å². The summed E-state index contributed by atoms with van der Waals surface area (Å²) in [5, 5.41) is 9.07. The van der Waals surface area contributed by atoms with Crippen molar-refractivity contribution in [2.45, 2.75) is 187 Å². The van der Waals surface area contributed by atoms with Gasteiger partial charge in [-0.1, -0.05) is 34.6 Å². The van der Waals surface area contributed by atoms with Crippen molar-refractivity contribution in [3.05, 3.63) is 0 Å². The molecule has 16 nitrogen and oxygen atoms in total. The predicted octanol–water partition coefficient (Wildman–Crippen LogP) is 4.79. The van der Waals surface area contributed by atoms with Crippen molar-refractivity contribution in [2.75, 3.05) is 6.61 Å².